The van der Waals surface area contributed by atoms with Gasteiger partial charge in [0.15, 0.2) is 5.12 Å². The minimum absolute atomic E-state index is 0.0578. The first-order valence-electron chi connectivity index (χ1n) is 8.22. The average molecular weight is 349 g/mol. The van der Waals surface area contributed by atoms with Gasteiger partial charge in [-0.05, 0) is 36.6 Å². The summed E-state index contributed by atoms with van der Waals surface area (Å²) >= 11 is 1.26. The normalized spacial score (nSPS) is 17.2. The summed E-state index contributed by atoms with van der Waals surface area (Å²) in [6.07, 6.45) is 2.29. The lowest BCUT2D eigenvalue weighted by Gasteiger charge is -2.17. The van der Waals surface area contributed by atoms with Gasteiger partial charge in [0.05, 0.1) is 12.2 Å². The van der Waals surface area contributed by atoms with Gasteiger partial charge in [0.25, 0.3) is 0 Å². The van der Waals surface area contributed by atoms with Gasteiger partial charge in [0, 0.05) is 31.3 Å². The van der Waals surface area contributed by atoms with E-state index in [0.717, 1.165) is 18.5 Å². The van der Waals surface area contributed by atoms with E-state index in [2.05, 4.69) is 0 Å². The van der Waals surface area contributed by atoms with Crippen molar-refractivity contribution in [3.8, 4) is 0 Å². The van der Waals surface area contributed by atoms with E-state index in [1.54, 1.807) is 29.2 Å². The quantitative estimate of drug-likeness (QED) is 0.558. The van der Waals surface area contributed by atoms with E-state index < -0.39 is 0 Å². The lowest BCUT2D eigenvalue weighted by atomic mass is 10.1. The van der Waals surface area contributed by atoms with E-state index in [1.165, 1.54) is 18.7 Å². The second-order valence-corrected chi connectivity index (χ2v) is 7.11. The van der Waals surface area contributed by atoms with Crippen molar-refractivity contribution in [3.05, 3.63) is 29.8 Å². The SMILES string of the molecule is CCCCOC(=O)c1ccc(N2CC(CSC(C)=O)CC2=O)cc1. The molecule has 0 saturated carbocycles. The molecule has 1 aliphatic heterocycles. The van der Waals surface area contributed by atoms with Crippen LogP contribution in [0.4, 0.5) is 5.69 Å². The van der Waals surface area contributed by atoms with Crippen LogP contribution >= 0.6 is 11.8 Å². The first-order chi connectivity index (χ1) is 11.5. The number of thioether (sulfide) groups is 1. The number of amides is 1. The van der Waals surface area contributed by atoms with Crippen molar-refractivity contribution in [2.45, 2.75) is 33.1 Å². The number of anilines is 1. The number of unbranched alkanes of at least 4 members (excludes halogenated alkanes) is 1. The molecule has 1 amide bonds. The second kappa shape index (κ2) is 8.87. The van der Waals surface area contributed by atoms with E-state index >= 15 is 0 Å². The van der Waals surface area contributed by atoms with Crippen molar-refractivity contribution in [2.24, 2.45) is 5.92 Å². The maximum atomic E-state index is 12.2. The van der Waals surface area contributed by atoms with Crippen LogP contribution in [0.25, 0.3) is 0 Å². The Hall–Kier alpha value is -1.82. The zero-order valence-electron chi connectivity index (χ0n) is 14.1. The van der Waals surface area contributed by atoms with Crippen molar-refractivity contribution in [2.75, 3.05) is 23.8 Å². The molecule has 0 radical (unpaired) electrons. The van der Waals surface area contributed by atoms with Crippen molar-refractivity contribution >= 4 is 34.4 Å². The molecule has 2 rings (SSSR count). The molecule has 1 atom stereocenters. The third-order valence-corrected chi connectivity index (χ3v) is 4.92. The van der Waals surface area contributed by atoms with Gasteiger partial charge in [-0.25, -0.2) is 4.79 Å². The molecule has 130 valence electrons. The highest BCUT2D eigenvalue weighted by Crippen LogP contribution is 2.27. The standard InChI is InChI=1S/C18H23NO4S/c1-3-4-9-23-18(22)15-5-7-16(8-6-15)19-11-14(10-17(19)21)12-24-13(2)20/h5-8,14H,3-4,9-12H2,1-2H3. The minimum Gasteiger partial charge on any atom is -0.462 e. The third-order valence-electron chi connectivity index (χ3n) is 3.87. The Bertz CT molecular complexity index is 600. The topological polar surface area (TPSA) is 63.7 Å². The van der Waals surface area contributed by atoms with Crippen LogP contribution in [0, 0.1) is 5.92 Å². The van der Waals surface area contributed by atoms with Crippen LogP contribution < -0.4 is 4.90 Å². The summed E-state index contributed by atoms with van der Waals surface area (Å²) in [6, 6.07) is 6.92. The van der Waals surface area contributed by atoms with Crippen molar-refractivity contribution in [1.82, 2.24) is 0 Å². The summed E-state index contributed by atoms with van der Waals surface area (Å²) < 4.78 is 5.17. The van der Waals surface area contributed by atoms with Crippen LogP contribution in [0.2, 0.25) is 0 Å². The summed E-state index contributed by atoms with van der Waals surface area (Å²) in [5, 5.41) is 0.0758. The summed E-state index contributed by atoms with van der Waals surface area (Å²) in [5.74, 6) is 0.574. The maximum Gasteiger partial charge on any atom is 0.338 e. The number of nitrogens with zero attached hydrogens (tertiary/aromatic N) is 1. The number of ether oxygens (including phenoxy) is 1. The van der Waals surface area contributed by atoms with Gasteiger partial charge in [-0.3, -0.25) is 9.59 Å². The molecule has 0 aromatic heterocycles. The molecular weight excluding hydrogens is 326 g/mol. The highest BCUT2D eigenvalue weighted by atomic mass is 32.2. The van der Waals surface area contributed by atoms with Gasteiger partial charge in [0.1, 0.15) is 0 Å². The molecule has 0 spiro atoms. The molecule has 0 N–H and O–H groups in total. The average Bonchev–Trinajstić information content (AvgIpc) is 2.94. The first-order valence-corrected chi connectivity index (χ1v) is 9.20. The zero-order chi connectivity index (χ0) is 17.5. The van der Waals surface area contributed by atoms with E-state index in [-0.39, 0.29) is 22.9 Å². The molecule has 1 aliphatic rings. The van der Waals surface area contributed by atoms with Crippen LogP contribution in [0.5, 0.6) is 0 Å². The highest BCUT2D eigenvalue weighted by molar-refractivity contribution is 8.13. The lowest BCUT2D eigenvalue weighted by Crippen LogP contribution is -2.24. The number of hydrogen-bond acceptors (Lipinski definition) is 5. The molecular formula is C18H23NO4S. The summed E-state index contributed by atoms with van der Waals surface area (Å²) in [5.41, 5.74) is 1.27. The van der Waals surface area contributed by atoms with Crippen LogP contribution in [0.1, 0.15) is 43.5 Å². The van der Waals surface area contributed by atoms with Gasteiger partial charge < -0.3 is 9.64 Å². The molecule has 6 heteroatoms. The predicted molar refractivity (Wildman–Crippen MR) is 95.2 cm³/mol. The molecule has 24 heavy (non-hydrogen) atoms. The maximum absolute atomic E-state index is 12.2. The number of hydrogen-bond donors (Lipinski definition) is 0. The Balaban J connectivity index is 1.94. The van der Waals surface area contributed by atoms with E-state index in [4.69, 9.17) is 4.74 Å². The fourth-order valence-electron chi connectivity index (χ4n) is 2.55. The van der Waals surface area contributed by atoms with Gasteiger partial charge >= 0.3 is 5.97 Å². The lowest BCUT2D eigenvalue weighted by molar-refractivity contribution is -0.117. The number of esters is 1. The van der Waals surface area contributed by atoms with E-state index in [0.29, 0.717) is 30.9 Å². The van der Waals surface area contributed by atoms with Gasteiger partial charge in [-0.15, -0.1) is 0 Å². The monoisotopic (exact) mass is 349 g/mol. The number of rotatable bonds is 7. The van der Waals surface area contributed by atoms with Crippen LogP contribution in [0.3, 0.4) is 0 Å². The van der Waals surface area contributed by atoms with Crippen LogP contribution in [-0.4, -0.2) is 35.9 Å². The fraction of sp³-hybridized carbons (Fsp3) is 0.500. The predicted octanol–water partition coefficient (Wildman–Crippen LogP) is 3.28. The summed E-state index contributed by atoms with van der Waals surface area (Å²) in [4.78, 5) is 36.8. The van der Waals surface area contributed by atoms with Crippen LogP contribution in [-0.2, 0) is 14.3 Å². The number of carbonyl (C=O) groups excluding carboxylic acids is 3. The zero-order valence-corrected chi connectivity index (χ0v) is 14.9. The van der Waals surface area contributed by atoms with E-state index in [1.807, 2.05) is 6.92 Å². The Kier molecular flexibility index (Phi) is 6.85. The third kappa shape index (κ3) is 5.09. The summed E-state index contributed by atoms with van der Waals surface area (Å²) in [7, 11) is 0. The molecule has 1 fully saturated rings. The van der Waals surface area contributed by atoms with Crippen molar-refractivity contribution < 1.29 is 19.1 Å². The molecule has 0 bridgehead atoms. The smallest absolute Gasteiger partial charge is 0.338 e. The second-order valence-electron chi connectivity index (χ2n) is 5.91. The van der Waals surface area contributed by atoms with Gasteiger partial charge in [-0.1, -0.05) is 25.1 Å². The Morgan fingerprint density at radius 2 is 2.00 bits per heavy atom. The first kappa shape index (κ1) is 18.5. The molecule has 0 aliphatic carbocycles. The Morgan fingerprint density at radius 1 is 1.29 bits per heavy atom. The molecule has 5 nitrogen and oxygen atoms in total. The molecule has 1 saturated heterocycles. The van der Waals surface area contributed by atoms with E-state index in [9.17, 15) is 14.4 Å². The fourth-order valence-corrected chi connectivity index (χ4v) is 3.24. The molecule has 1 aromatic carbocycles. The number of carbonyl (C=O) groups is 3. The van der Waals surface area contributed by atoms with Crippen LogP contribution in [0.15, 0.2) is 24.3 Å². The minimum atomic E-state index is -0.335. The van der Waals surface area contributed by atoms with Gasteiger partial charge in [-0.2, -0.15) is 0 Å². The summed E-state index contributed by atoms with van der Waals surface area (Å²) in [6.45, 7) is 4.62. The number of benzene rings is 1. The largest absolute Gasteiger partial charge is 0.462 e. The Morgan fingerprint density at radius 3 is 2.62 bits per heavy atom. The van der Waals surface area contributed by atoms with Gasteiger partial charge in [0.2, 0.25) is 5.91 Å². The van der Waals surface area contributed by atoms with Crippen molar-refractivity contribution in [3.63, 3.8) is 0 Å². The molecule has 1 aromatic rings. The Labute approximate surface area is 146 Å². The van der Waals surface area contributed by atoms with Crippen molar-refractivity contribution in [1.29, 1.82) is 0 Å². The molecule has 1 unspecified atom stereocenters. The highest BCUT2D eigenvalue weighted by Gasteiger charge is 2.30. The molecule has 1 heterocycles.